The highest BCUT2D eigenvalue weighted by atomic mass is 79.9. The lowest BCUT2D eigenvalue weighted by molar-refractivity contribution is 0.176. The normalized spacial score (nSPS) is 22.4. The molecule has 0 aliphatic carbocycles. The third-order valence-corrected chi connectivity index (χ3v) is 4.26. The van der Waals surface area contributed by atoms with Crippen LogP contribution < -0.4 is 0 Å². The Balaban J connectivity index is 2.10. The van der Waals surface area contributed by atoms with Gasteiger partial charge in [-0.2, -0.15) is 0 Å². The fourth-order valence-corrected chi connectivity index (χ4v) is 3.34. The van der Waals surface area contributed by atoms with Gasteiger partial charge >= 0.3 is 0 Å². The second kappa shape index (κ2) is 6.82. The molecular weight excluding hydrogens is 307 g/mol. The highest BCUT2D eigenvalue weighted by molar-refractivity contribution is 9.10. The molecule has 1 heterocycles. The summed E-state index contributed by atoms with van der Waals surface area (Å²) in [5.41, 5.74) is 1.05. The monoisotopic (exact) mass is 328 g/mol. The Morgan fingerprint density at radius 3 is 2.79 bits per heavy atom. The van der Waals surface area contributed by atoms with Crippen LogP contribution in [0.2, 0.25) is 0 Å². The number of nitrogens with zero attached hydrogens (tertiary/aromatic N) is 2. The lowest BCUT2D eigenvalue weighted by Crippen LogP contribution is -2.39. The third kappa shape index (κ3) is 4.26. The van der Waals surface area contributed by atoms with Crippen LogP contribution in [0.25, 0.3) is 0 Å². The van der Waals surface area contributed by atoms with E-state index in [9.17, 15) is 4.39 Å². The molecule has 1 unspecified atom stereocenters. The second-order valence-corrected chi connectivity index (χ2v) is 6.34. The maximum absolute atomic E-state index is 13.4. The van der Waals surface area contributed by atoms with E-state index in [4.69, 9.17) is 0 Å². The quantitative estimate of drug-likeness (QED) is 0.837. The molecule has 1 aromatic carbocycles. The van der Waals surface area contributed by atoms with E-state index in [-0.39, 0.29) is 5.82 Å². The van der Waals surface area contributed by atoms with E-state index in [1.807, 2.05) is 6.07 Å². The third-order valence-electron chi connectivity index (χ3n) is 3.80. The Morgan fingerprint density at radius 1 is 1.32 bits per heavy atom. The molecule has 1 aliphatic heterocycles. The predicted molar refractivity (Wildman–Crippen MR) is 80.7 cm³/mol. The van der Waals surface area contributed by atoms with Crippen molar-refractivity contribution in [1.29, 1.82) is 0 Å². The van der Waals surface area contributed by atoms with Crippen LogP contribution in [-0.4, -0.2) is 42.5 Å². The average Bonchev–Trinajstić information content (AvgIpc) is 2.50. The van der Waals surface area contributed by atoms with Gasteiger partial charge in [-0.05, 0) is 50.2 Å². The van der Waals surface area contributed by atoms with E-state index in [1.165, 1.54) is 12.5 Å². The number of likely N-dealkylation sites (N-methyl/N-ethyl adjacent to an activating group) is 1. The van der Waals surface area contributed by atoms with Gasteiger partial charge in [-0.25, -0.2) is 4.39 Å². The van der Waals surface area contributed by atoms with Crippen LogP contribution in [0, 0.1) is 5.82 Å². The van der Waals surface area contributed by atoms with Gasteiger partial charge in [-0.15, -0.1) is 0 Å². The Labute approximate surface area is 123 Å². The number of hydrogen-bond donors (Lipinski definition) is 0. The van der Waals surface area contributed by atoms with Crippen molar-refractivity contribution < 1.29 is 4.39 Å². The topological polar surface area (TPSA) is 6.48 Å². The van der Waals surface area contributed by atoms with Gasteiger partial charge in [-0.3, -0.25) is 4.90 Å². The fourth-order valence-electron chi connectivity index (χ4n) is 2.83. The Kier molecular flexibility index (Phi) is 5.37. The van der Waals surface area contributed by atoms with Crippen molar-refractivity contribution in [3.63, 3.8) is 0 Å². The molecule has 106 valence electrons. The Hall–Kier alpha value is -0.450. The highest BCUT2D eigenvalue weighted by Crippen LogP contribution is 2.19. The minimum absolute atomic E-state index is 0.163. The van der Waals surface area contributed by atoms with Crippen LogP contribution >= 0.6 is 15.9 Å². The first-order chi connectivity index (χ1) is 9.08. The van der Waals surface area contributed by atoms with Crippen LogP contribution in [0.5, 0.6) is 0 Å². The summed E-state index contributed by atoms with van der Waals surface area (Å²) in [6.45, 7) is 6.42. The molecule has 0 radical (unpaired) electrons. The van der Waals surface area contributed by atoms with E-state index in [0.29, 0.717) is 6.04 Å². The molecule has 2 nitrogen and oxygen atoms in total. The summed E-state index contributed by atoms with van der Waals surface area (Å²) in [6.07, 6.45) is 2.32. The van der Waals surface area contributed by atoms with Crippen LogP contribution in [0.1, 0.15) is 25.3 Å². The summed E-state index contributed by atoms with van der Waals surface area (Å²) in [5, 5.41) is 0. The molecule has 2 rings (SSSR count). The van der Waals surface area contributed by atoms with E-state index >= 15 is 0 Å². The molecule has 1 fully saturated rings. The molecule has 0 bridgehead atoms. The van der Waals surface area contributed by atoms with Crippen molar-refractivity contribution in [2.24, 2.45) is 0 Å². The van der Waals surface area contributed by atoms with Crippen molar-refractivity contribution in [2.75, 3.05) is 26.7 Å². The molecule has 19 heavy (non-hydrogen) atoms. The summed E-state index contributed by atoms with van der Waals surface area (Å²) in [4.78, 5) is 4.89. The zero-order valence-electron chi connectivity index (χ0n) is 11.7. The lowest BCUT2D eigenvalue weighted by atomic mass is 10.1. The predicted octanol–water partition coefficient (Wildman–Crippen LogP) is 3.50. The van der Waals surface area contributed by atoms with Crippen molar-refractivity contribution in [3.05, 3.63) is 34.1 Å². The summed E-state index contributed by atoms with van der Waals surface area (Å²) in [5.74, 6) is -0.163. The molecule has 0 amide bonds. The fraction of sp³-hybridized carbons (Fsp3) is 0.600. The summed E-state index contributed by atoms with van der Waals surface area (Å²) >= 11 is 3.37. The van der Waals surface area contributed by atoms with Crippen molar-refractivity contribution in [1.82, 2.24) is 9.80 Å². The van der Waals surface area contributed by atoms with E-state index in [0.717, 1.165) is 42.6 Å². The van der Waals surface area contributed by atoms with Crippen molar-refractivity contribution in [2.45, 2.75) is 32.4 Å². The van der Waals surface area contributed by atoms with Gasteiger partial charge in [-0.1, -0.05) is 22.9 Å². The van der Waals surface area contributed by atoms with Gasteiger partial charge in [0.15, 0.2) is 0 Å². The van der Waals surface area contributed by atoms with Gasteiger partial charge < -0.3 is 4.90 Å². The zero-order valence-corrected chi connectivity index (χ0v) is 13.3. The van der Waals surface area contributed by atoms with Gasteiger partial charge in [0.1, 0.15) is 5.82 Å². The molecule has 0 spiro atoms. The molecular formula is C15H22BrFN2. The second-order valence-electron chi connectivity index (χ2n) is 5.43. The molecule has 1 aliphatic rings. The molecule has 1 saturated heterocycles. The largest absolute Gasteiger partial charge is 0.305 e. The Morgan fingerprint density at radius 2 is 2.11 bits per heavy atom. The SMILES string of the molecule is CCC1CN(C)CCCN1Cc1cc(F)cc(Br)c1. The van der Waals surface area contributed by atoms with Crippen LogP contribution in [-0.2, 0) is 6.54 Å². The summed E-state index contributed by atoms with van der Waals surface area (Å²) in [7, 11) is 2.19. The maximum Gasteiger partial charge on any atom is 0.124 e. The number of halogens is 2. The first-order valence-electron chi connectivity index (χ1n) is 6.96. The van der Waals surface area contributed by atoms with Gasteiger partial charge in [0.05, 0.1) is 0 Å². The van der Waals surface area contributed by atoms with E-state index in [1.54, 1.807) is 6.07 Å². The Bertz CT molecular complexity index is 404. The first kappa shape index (κ1) is 14.9. The minimum atomic E-state index is -0.163. The molecule has 1 atom stereocenters. The molecule has 0 saturated carbocycles. The maximum atomic E-state index is 13.4. The van der Waals surface area contributed by atoms with Gasteiger partial charge in [0.25, 0.3) is 0 Å². The smallest absolute Gasteiger partial charge is 0.124 e. The van der Waals surface area contributed by atoms with E-state index < -0.39 is 0 Å². The molecule has 1 aromatic rings. The van der Waals surface area contributed by atoms with Crippen molar-refractivity contribution >= 4 is 15.9 Å². The zero-order chi connectivity index (χ0) is 13.8. The van der Waals surface area contributed by atoms with Crippen LogP contribution in [0.4, 0.5) is 4.39 Å². The first-order valence-corrected chi connectivity index (χ1v) is 7.75. The standard InChI is InChI=1S/C15H22BrFN2/c1-3-15-11-18(2)5-4-6-19(15)10-12-7-13(16)9-14(17)8-12/h7-9,15H,3-6,10-11H2,1-2H3. The molecule has 0 N–H and O–H groups in total. The van der Waals surface area contributed by atoms with Crippen LogP contribution in [0.15, 0.2) is 22.7 Å². The van der Waals surface area contributed by atoms with Crippen LogP contribution in [0.3, 0.4) is 0 Å². The number of hydrogen-bond acceptors (Lipinski definition) is 2. The van der Waals surface area contributed by atoms with E-state index in [2.05, 4.69) is 39.7 Å². The van der Waals surface area contributed by atoms with Crippen molar-refractivity contribution in [3.8, 4) is 0 Å². The average molecular weight is 329 g/mol. The summed E-state index contributed by atoms with van der Waals surface area (Å²) in [6, 6.07) is 5.74. The molecule has 4 heteroatoms. The number of rotatable bonds is 3. The molecule has 0 aromatic heterocycles. The lowest BCUT2D eigenvalue weighted by Gasteiger charge is -2.30. The number of benzene rings is 1. The minimum Gasteiger partial charge on any atom is -0.305 e. The highest BCUT2D eigenvalue weighted by Gasteiger charge is 2.22. The van der Waals surface area contributed by atoms with Gasteiger partial charge in [0, 0.05) is 30.1 Å². The summed E-state index contributed by atoms with van der Waals surface area (Å²) < 4.78 is 14.3. The van der Waals surface area contributed by atoms with Gasteiger partial charge in [0.2, 0.25) is 0 Å².